The molecule has 2 heterocycles. The molecule has 0 aromatic heterocycles. The average molecular weight is 462 g/mol. The maximum atomic E-state index is 12.4. The maximum absolute atomic E-state index is 12.4. The van der Waals surface area contributed by atoms with Crippen molar-refractivity contribution >= 4 is 56.0 Å². The van der Waals surface area contributed by atoms with Gasteiger partial charge in [-0.25, -0.2) is 9.79 Å². The predicted molar refractivity (Wildman–Crippen MR) is 118 cm³/mol. The highest BCUT2D eigenvalue weighted by molar-refractivity contribution is 7.86. The van der Waals surface area contributed by atoms with Gasteiger partial charge in [0, 0.05) is 21.9 Å². The summed E-state index contributed by atoms with van der Waals surface area (Å²) in [5, 5.41) is 7.85. The van der Waals surface area contributed by atoms with Gasteiger partial charge in [-0.15, -0.1) is 0 Å². The van der Waals surface area contributed by atoms with E-state index in [-0.39, 0.29) is 21.6 Å². The molecule has 0 bridgehead atoms. The fourth-order valence-corrected chi connectivity index (χ4v) is 4.55. The summed E-state index contributed by atoms with van der Waals surface area (Å²) in [6, 6.07) is 15.3. The van der Waals surface area contributed by atoms with Gasteiger partial charge >= 0.3 is 6.03 Å². The van der Waals surface area contributed by atoms with Gasteiger partial charge in [-0.1, -0.05) is 48.5 Å². The Kier molecular flexibility index (Phi) is 4.58. The van der Waals surface area contributed by atoms with E-state index in [1.54, 1.807) is 48.5 Å². The number of nitrogens with zero attached hydrogens (tertiary/aromatic N) is 1. The molecule has 164 valence electrons. The number of rotatable bonds is 2. The van der Waals surface area contributed by atoms with E-state index in [1.165, 1.54) is 12.1 Å². The molecule has 1 saturated heterocycles. The van der Waals surface area contributed by atoms with Crippen LogP contribution in [0.25, 0.3) is 16.5 Å². The number of hydrogen-bond acceptors (Lipinski definition) is 6. The number of imide groups is 2. The fraction of sp³-hybridized carbons (Fsp3) is 0. The number of barbiturate groups is 1. The molecule has 0 unspecified atom stereocenters. The number of amidine groups is 1. The number of urea groups is 1. The number of nitrogens with one attached hydrogen (secondary N) is 3. The van der Waals surface area contributed by atoms with Crippen LogP contribution in [0.2, 0.25) is 0 Å². The van der Waals surface area contributed by atoms with Crippen molar-refractivity contribution in [3.8, 4) is 0 Å². The highest BCUT2D eigenvalue weighted by Gasteiger charge is 2.35. The van der Waals surface area contributed by atoms with Gasteiger partial charge < -0.3 is 5.32 Å². The molecule has 3 aromatic carbocycles. The summed E-state index contributed by atoms with van der Waals surface area (Å²) in [7, 11) is -4.45. The molecule has 0 saturated carbocycles. The van der Waals surface area contributed by atoms with Crippen molar-refractivity contribution in [3.63, 3.8) is 0 Å². The largest absolute Gasteiger partial charge is 0.338 e. The number of benzene rings is 3. The molecule has 4 amide bonds. The third kappa shape index (κ3) is 3.45. The van der Waals surface area contributed by atoms with Gasteiger partial charge in [-0.3, -0.25) is 24.8 Å². The normalized spacial score (nSPS) is 17.1. The second-order valence-corrected chi connectivity index (χ2v) is 8.61. The van der Waals surface area contributed by atoms with E-state index in [4.69, 9.17) is 0 Å². The van der Waals surface area contributed by atoms with Crippen LogP contribution in [0.1, 0.15) is 11.1 Å². The van der Waals surface area contributed by atoms with Crippen LogP contribution in [-0.2, 0) is 19.7 Å². The van der Waals surface area contributed by atoms with Gasteiger partial charge in [0.1, 0.15) is 16.3 Å². The Morgan fingerprint density at radius 1 is 0.727 bits per heavy atom. The number of fused-ring (bicyclic) bond motifs is 2. The summed E-state index contributed by atoms with van der Waals surface area (Å²) in [6.07, 6.45) is 0. The SMILES string of the molecule is O=C1NC(=O)C(=C2N/C(=N\c3cccc4c(S(=O)(=O)O)cccc34)c3ccccc32)C(=O)N1. The molecular weight excluding hydrogens is 448 g/mol. The first-order chi connectivity index (χ1) is 15.7. The molecule has 2 aliphatic rings. The van der Waals surface area contributed by atoms with Gasteiger partial charge in [-0.05, 0) is 12.1 Å². The van der Waals surface area contributed by atoms with Crippen LogP contribution in [0.15, 0.2) is 76.1 Å². The lowest BCUT2D eigenvalue weighted by Crippen LogP contribution is -2.52. The first-order valence-corrected chi connectivity index (χ1v) is 11.0. The van der Waals surface area contributed by atoms with Gasteiger partial charge in [0.05, 0.1) is 11.4 Å². The number of amides is 4. The van der Waals surface area contributed by atoms with Gasteiger partial charge in [0.2, 0.25) is 0 Å². The quantitative estimate of drug-likeness (QED) is 0.257. The van der Waals surface area contributed by atoms with Gasteiger partial charge in [0.25, 0.3) is 21.9 Å². The summed E-state index contributed by atoms with van der Waals surface area (Å²) < 4.78 is 33.1. The van der Waals surface area contributed by atoms with Crippen molar-refractivity contribution in [3.05, 3.63) is 77.4 Å². The summed E-state index contributed by atoms with van der Waals surface area (Å²) in [6.45, 7) is 0. The third-order valence-corrected chi connectivity index (χ3v) is 6.13. The van der Waals surface area contributed by atoms with Crippen LogP contribution in [0.5, 0.6) is 0 Å². The minimum absolute atomic E-state index is 0.186. The third-order valence-electron chi connectivity index (χ3n) is 5.22. The van der Waals surface area contributed by atoms with Crippen LogP contribution >= 0.6 is 0 Å². The zero-order valence-corrected chi connectivity index (χ0v) is 17.4. The molecule has 11 heteroatoms. The monoisotopic (exact) mass is 462 g/mol. The Morgan fingerprint density at radius 2 is 1.36 bits per heavy atom. The number of carbonyl (C=O) groups is 3. The van der Waals surface area contributed by atoms with Crippen LogP contribution < -0.4 is 16.0 Å². The number of aliphatic imine (C=N–C) groups is 1. The maximum Gasteiger partial charge on any atom is 0.328 e. The molecule has 33 heavy (non-hydrogen) atoms. The molecule has 0 aliphatic carbocycles. The minimum atomic E-state index is -4.45. The van der Waals surface area contributed by atoms with E-state index in [0.717, 1.165) is 0 Å². The first kappa shape index (κ1) is 20.5. The first-order valence-electron chi connectivity index (χ1n) is 9.60. The van der Waals surface area contributed by atoms with Crippen LogP contribution in [0.4, 0.5) is 10.5 Å². The van der Waals surface area contributed by atoms with Gasteiger partial charge in [-0.2, -0.15) is 8.42 Å². The average Bonchev–Trinajstić information content (AvgIpc) is 3.10. The Morgan fingerprint density at radius 3 is 2.06 bits per heavy atom. The highest BCUT2D eigenvalue weighted by atomic mass is 32.2. The fourth-order valence-electron chi connectivity index (χ4n) is 3.85. The van der Waals surface area contributed by atoms with E-state index in [0.29, 0.717) is 28.0 Å². The molecule has 10 nitrogen and oxygen atoms in total. The van der Waals surface area contributed by atoms with Crippen molar-refractivity contribution in [2.45, 2.75) is 4.90 Å². The zero-order valence-electron chi connectivity index (χ0n) is 16.6. The van der Waals surface area contributed by atoms with E-state index in [9.17, 15) is 27.4 Å². The second-order valence-electron chi connectivity index (χ2n) is 7.22. The van der Waals surface area contributed by atoms with Crippen molar-refractivity contribution in [1.29, 1.82) is 0 Å². The highest BCUT2D eigenvalue weighted by Crippen LogP contribution is 2.33. The molecular formula is C22H14N4O6S. The molecule has 3 aromatic rings. The molecule has 5 rings (SSSR count). The Hall–Kier alpha value is -4.35. The minimum Gasteiger partial charge on any atom is -0.338 e. The van der Waals surface area contributed by atoms with E-state index >= 15 is 0 Å². The molecule has 1 fully saturated rings. The summed E-state index contributed by atoms with van der Waals surface area (Å²) in [5.74, 6) is -1.37. The van der Waals surface area contributed by atoms with Crippen molar-refractivity contribution in [1.82, 2.24) is 16.0 Å². The molecule has 0 atom stereocenters. The lowest BCUT2D eigenvalue weighted by molar-refractivity contribution is -0.123. The Bertz CT molecular complexity index is 1550. The topological polar surface area (TPSA) is 154 Å². The smallest absolute Gasteiger partial charge is 0.328 e. The summed E-state index contributed by atoms with van der Waals surface area (Å²) in [4.78, 5) is 40.6. The van der Waals surface area contributed by atoms with Crippen molar-refractivity contribution < 1.29 is 27.4 Å². The van der Waals surface area contributed by atoms with Crippen LogP contribution in [-0.4, -0.2) is 36.7 Å². The standard InChI is InChI=1S/C22H14N4O6S/c27-20-17(21(28)26-22(29)25-20)18-13-5-1-2-6-14(13)19(24-18)23-15-9-3-8-12-11(15)7-4-10-16(12)33(30,31)32/h1-10H,(H,23,24)(H,30,31,32)(H2,25,26,27,28,29). The summed E-state index contributed by atoms with van der Waals surface area (Å²) >= 11 is 0. The molecule has 0 spiro atoms. The predicted octanol–water partition coefficient (Wildman–Crippen LogP) is 1.85. The van der Waals surface area contributed by atoms with Crippen LogP contribution in [0.3, 0.4) is 0 Å². The van der Waals surface area contributed by atoms with Crippen molar-refractivity contribution in [2.24, 2.45) is 4.99 Å². The number of hydrogen-bond donors (Lipinski definition) is 4. The second kappa shape index (κ2) is 7.36. The van der Waals surface area contributed by atoms with Gasteiger partial charge in [0.15, 0.2) is 0 Å². The van der Waals surface area contributed by atoms with Crippen LogP contribution in [0, 0.1) is 0 Å². The molecule has 2 aliphatic heterocycles. The lowest BCUT2D eigenvalue weighted by Gasteiger charge is -2.16. The summed E-state index contributed by atoms with van der Waals surface area (Å²) in [5.41, 5.74) is 1.45. The lowest BCUT2D eigenvalue weighted by atomic mass is 10.0. The number of carbonyl (C=O) groups excluding carboxylic acids is 3. The van der Waals surface area contributed by atoms with E-state index in [1.807, 2.05) is 10.6 Å². The van der Waals surface area contributed by atoms with E-state index in [2.05, 4.69) is 10.3 Å². The zero-order chi connectivity index (χ0) is 23.3. The Labute approximate surface area is 186 Å². The van der Waals surface area contributed by atoms with Crippen molar-refractivity contribution in [2.75, 3.05) is 0 Å². The molecule has 4 N–H and O–H groups in total. The molecule has 0 radical (unpaired) electrons. The Balaban J connectivity index is 1.70. The van der Waals surface area contributed by atoms with E-state index < -0.39 is 28.0 Å².